The maximum atomic E-state index is 10.8. The van der Waals surface area contributed by atoms with Gasteiger partial charge in [-0.3, -0.25) is 0 Å². The van der Waals surface area contributed by atoms with Crippen molar-refractivity contribution in [2.45, 2.75) is 70.4 Å². The molecule has 1 fully saturated rings. The number of benzene rings is 1. The number of nitrogens with one attached hydrogen (secondary N) is 1. The zero-order valence-corrected chi connectivity index (χ0v) is 13.5. The van der Waals surface area contributed by atoms with E-state index in [-0.39, 0.29) is 0 Å². The topological polar surface area (TPSA) is 32.3 Å². The van der Waals surface area contributed by atoms with Crippen LogP contribution >= 0.6 is 0 Å². The molecule has 1 aromatic rings. The molecule has 2 nitrogen and oxygen atoms in total. The Morgan fingerprint density at radius 1 is 1.24 bits per heavy atom. The van der Waals surface area contributed by atoms with E-state index in [1.807, 2.05) is 0 Å². The largest absolute Gasteiger partial charge is 0.389 e. The highest BCUT2D eigenvalue weighted by atomic mass is 16.3. The maximum absolute atomic E-state index is 10.8. The fourth-order valence-electron chi connectivity index (χ4n) is 4.05. The van der Waals surface area contributed by atoms with Gasteiger partial charge in [-0.25, -0.2) is 0 Å². The summed E-state index contributed by atoms with van der Waals surface area (Å²) in [5.74, 6) is 0.833. The SMILES string of the molecule is CCC1CCC(O)(CNC2CCc3ccc(C)cc32)CC1. The van der Waals surface area contributed by atoms with E-state index in [4.69, 9.17) is 0 Å². The van der Waals surface area contributed by atoms with Crippen LogP contribution in [-0.4, -0.2) is 17.3 Å². The zero-order valence-electron chi connectivity index (χ0n) is 13.5. The maximum Gasteiger partial charge on any atom is 0.0772 e. The molecule has 0 radical (unpaired) electrons. The lowest BCUT2D eigenvalue weighted by molar-refractivity contribution is -0.0106. The molecule has 3 rings (SSSR count). The van der Waals surface area contributed by atoms with Crippen molar-refractivity contribution in [3.8, 4) is 0 Å². The summed E-state index contributed by atoms with van der Waals surface area (Å²) in [5, 5.41) is 14.4. The Balaban J connectivity index is 1.58. The third-order valence-electron chi connectivity index (χ3n) is 5.67. The Labute approximate surface area is 129 Å². The molecule has 0 bridgehead atoms. The summed E-state index contributed by atoms with van der Waals surface area (Å²) in [7, 11) is 0. The lowest BCUT2D eigenvalue weighted by Gasteiger charge is -2.36. The molecule has 1 atom stereocenters. The minimum atomic E-state index is -0.474. The van der Waals surface area contributed by atoms with Crippen LogP contribution < -0.4 is 5.32 Å². The van der Waals surface area contributed by atoms with Crippen LogP contribution in [0, 0.1) is 12.8 Å². The van der Waals surface area contributed by atoms with E-state index in [9.17, 15) is 5.11 Å². The molecule has 0 heterocycles. The van der Waals surface area contributed by atoms with Gasteiger partial charge in [0, 0.05) is 12.6 Å². The molecule has 2 aliphatic rings. The molecule has 0 saturated heterocycles. The molecule has 1 aromatic carbocycles. The third kappa shape index (κ3) is 3.32. The van der Waals surface area contributed by atoms with Crippen molar-refractivity contribution in [1.29, 1.82) is 0 Å². The van der Waals surface area contributed by atoms with Gasteiger partial charge in [-0.15, -0.1) is 0 Å². The van der Waals surface area contributed by atoms with Gasteiger partial charge in [-0.05, 0) is 62.5 Å². The number of hydrogen-bond acceptors (Lipinski definition) is 2. The first-order valence-electron chi connectivity index (χ1n) is 8.65. The second kappa shape index (κ2) is 6.10. The van der Waals surface area contributed by atoms with E-state index in [1.54, 1.807) is 0 Å². The molecule has 21 heavy (non-hydrogen) atoms. The highest BCUT2D eigenvalue weighted by molar-refractivity contribution is 5.37. The molecular weight excluding hydrogens is 258 g/mol. The average Bonchev–Trinajstić information content (AvgIpc) is 2.88. The summed E-state index contributed by atoms with van der Waals surface area (Å²) >= 11 is 0. The standard InChI is InChI=1S/C19H29NO/c1-3-15-8-10-19(21,11-9-15)13-20-18-7-6-16-5-4-14(2)12-17(16)18/h4-5,12,15,18,20-21H,3,6-11,13H2,1-2H3. The first-order valence-corrected chi connectivity index (χ1v) is 8.65. The van der Waals surface area contributed by atoms with Crippen LogP contribution in [0.1, 0.15) is 68.2 Å². The van der Waals surface area contributed by atoms with Gasteiger partial charge in [0.15, 0.2) is 0 Å². The number of aliphatic hydroxyl groups is 1. The quantitative estimate of drug-likeness (QED) is 0.880. The molecule has 116 valence electrons. The van der Waals surface area contributed by atoms with E-state index < -0.39 is 5.60 Å². The van der Waals surface area contributed by atoms with Crippen molar-refractivity contribution < 1.29 is 5.11 Å². The van der Waals surface area contributed by atoms with Crippen molar-refractivity contribution in [2.24, 2.45) is 5.92 Å². The monoisotopic (exact) mass is 287 g/mol. The van der Waals surface area contributed by atoms with Gasteiger partial charge < -0.3 is 10.4 Å². The van der Waals surface area contributed by atoms with Gasteiger partial charge in [-0.1, -0.05) is 37.1 Å². The summed E-state index contributed by atoms with van der Waals surface area (Å²) in [6.45, 7) is 5.18. The van der Waals surface area contributed by atoms with E-state index in [1.165, 1.54) is 48.8 Å². The van der Waals surface area contributed by atoms with Gasteiger partial charge in [0.1, 0.15) is 0 Å². The second-order valence-electron chi connectivity index (χ2n) is 7.25. The molecule has 0 aliphatic heterocycles. The molecular formula is C19H29NO. The Morgan fingerprint density at radius 3 is 2.71 bits per heavy atom. The number of rotatable bonds is 4. The smallest absolute Gasteiger partial charge is 0.0772 e. The third-order valence-corrected chi connectivity index (χ3v) is 5.67. The van der Waals surface area contributed by atoms with Crippen LogP contribution in [0.2, 0.25) is 0 Å². The lowest BCUT2D eigenvalue weighted by atomic mass is 9.77. The fraction of sp³-hybridized carbons (Fsp3) is 0.684. The molecule has 2 aliphatic carbocycles. The first-order chi connectivity index (χ1) is 10.1. The molecule has 0 spiro atoms. The molecule has 0 aromatic heterocycles. The first kappa shape index (κ1) is 15.1. The Kier molecular flexibility index (Phi) is 4.37. The zero-order chi connectivity index (χ0) is 14.9. The molecule has 0 amide bonds. The van der Waals surface area contributed by atoms with Crippen LogP contribution in [0.15, 0.2) is 18.2 Å². The Bertz CT molecular complexity index is 488. The summed E-state index contributed by atoms with van der Waals surface area (Å²) in [4.78, 5) is 0. The summed E-state index contributed by atoms with van der Waals surface area (Å²) in [6.07, 6.45) is 7.91. The minimum absolute atomic E-state index is 0.438. The minimum Gasteiger partial charge on any atom is -0.389 e. The number of hydrogen-bond donors (Lipinski definition) is 2. The van der Waals surface area contributed by atoms with E-state index >= 15 is 0 Å². The Hall–Kier alpha value is -0.860. The van der Waals surface area contributed by atoms with Crippen LogP contribution in [-0.2, 0) is 6.42 Å². The predicted octanol–water partition coefficient (Wildman–Crippen LogP) is 3.90. The summed E-state index contributed by atoms with van der Waals surface area (Å²) in [5.41, 5.74) is 3.81. The van der Waals surface area contributed by atoms with E-state index in [2.05, 4.69) is 37.4 Å². The van der Waals surface area contributed by atoms with E-state index in [0.717, 1.165) is 25.3 Å². The fourth-order valence-corrected chi connectivity index (χ4v) is 4.05. The van der Waals surface area contributed by atoms with Gasteiger partial charge in [0.05, 0.1) is 5.60 Å². The molecule has 1 unspecified atom stereocenters. The van der Waals surface area contributed by atoms with Crippen LogP contribution in [0.3, 0.4) is 0 Å². The molecule has 2 N–H and O–H groups in total. The Morgan fingerprint density at radius 2 is 2.00 bits per heavy atom. The van der Waals surface area contributed by atoms with Gasteiger partial charge >= 0.3 is 0 Å². The van der Waals surface area contributed by atoms with Gasteiger partial charge in [0.2, 0.25) is 0 Å². The second-order valence-corrected chi connectivity index (χ2v) is 7.25. The van der Waals surface area contributed by atoms with Gasteiger partial charge in [0.25, 0.3) is 0 Å². The van der Waals surface area contributed by atoms with Crippen molar-refractivity contribution in [2.75, 3.05) is 6.54 Å². The molecule has 1 saturated carbocycles. The normalized spacial score (nSPS) is 32.1. The van der Waals surface area contributed by atoms with Crippen LogP contribution in [0.4, 0.5) is 0 Å². The van der Waals surface area contributed by atoms with Crippen LogP contribution in [0.25, 0.3) is 0 Å². The van der Waals surface area contributed by atoms with Gasteiger partial charge in [-0.2, -0.15) is 0 Å². The average molecular weight is 287 g/mol. The summed E-state index contributed by atoms with van der Waals surface area (Å²) < 4.78 is 0. The number of aryl methyl sites for hydroxylation is 2. The highest BCUT2D eigenvalue weighted by Gasteiger charge is 2.33. The van der Waals surface area contributed by atoms with Crippen LogP contribution in [0.5, 0.6) is 0 Å². The highest BCUT2D eigenvalue weighted by Crippen LogP contribution is 2.35. The summed E-state index contributed by atoms with van der Waals surface area (Å²) in [6, 6.07) is 7.24. The van der Waals surface area contributed by atoms with Crippen molar-refractivity contribution >= 4 is 0 Å². The van der Waals surface area contributed by atoms with Crippen molar-refractivity contribution in [3.05, 3.63) is 34.9 Å². The molecule has 2 heteroatoms. The number of fused-ring (bicyclic) bond motifs is 1. The van der Waals surface area contributed by atoms with E-state index in [0.29, 0.717) is 6.04 Å². The van der Waals surface area contributed by atoms with Crippen molar-refractivity contribution in [1.82, 2.24) is 5.32 Å². The lowest BCUT2D eigenvalue weighted by Crippen LogP contribution is -2.44. The predicted molar refractivity (Wildman–Crippen MR) is 87.4 cm³/mol. The van der Waals surface area contributed by atoms with Crippen molar-refractivity contribution in [3.63, 3.8) is 0 Å².